The molecule has 0 rings (SSSR count). The van der Waals surface area contributed by atoms with Crippen molar-refractivity contribution in [1.82, 2.24) is 0 Å². The van der Waals surface area contributed by atoms with Crippen molar-refractivity contribution in [3.05, 3.63) is 97.2 Å². The van der Waals surface area contributed by atoms with E-state index in [1.165, 1.54) is 283 Å². The Labute approximate surface area is 608 Å². The minimum atomic E-state index is -4.65. The molecule has 0 aromatic heterocycles. The van der Waals surface area contributed by atoms with Crippen molar-refractivity contribution >= 4 is 19.8 Å². The number of likely N-dealkylation sites (N-methyl/N-ethyl adjacent to an activating group) is 1. The fraction of sp³-hybridized carbons (Fsp3) is 0.795. The van der Waals surface area contributed by atoms with Crippen LogP contribution in [0.25, 0.3) is 0 Å². The van der Waals surface area contributed by atoms with Gasteiger partial charge in [0.2, 0.25) is 0 Å². The number of carbonyl (C=O) groups excluding carboxylic acids is 2. The molecule has 2 atom stereocenters. The van der Waals surface area contributed by atoms with Crippen LogP contribution in [-0.2, 0) is 32.7 Å². The van der Waals surface area contributed by atoms with E-state index in [1.807, 2.05) is 21.1 Å². The number of carbonyl (C=O) groups is 2. The summed E-state index contributed by atoms with van der Waals surface area (Å²) in [5.41, 5.74) is 0. The summed E-state index contributed by atoms with van der Waals surface area (Å²) in [6.45, 7) is 4.18. The van der Waals surface area contributed by atoms with Crippen LogP contribution in [0.1, 0.15) is 399 Å². The van der Waals surface area contributed by atoms with Crippen LogP contribution in [0, 0.1) is 0 Å². The van der Waals surface area contributed by atoms with Crippen LogP contribution in [0.3, 0.4) is 0 Å². The van der Waals surface area contributed by atoms with E-state index in [0.29, 0.717) is 17.4 Å². The number of nitrogens with zero attached hydrogens (tertiary/aromatic N) is 1. The number of esters is 2. The van der Waals surface area contributed by atoms with Crippen LogP contribution >= 0.6 is 7.82 Å². The molecule has 10 heteroatoms. The molecule has 0 radical (unpaired) electrons. The summed E-state index contributed by atoms with van der Waals surface area (Å²) in [6.07, 6.45) is 110. The van der Waals surface area contributed by atoms with Gasteiger partial charge in [-0.2, -0.15) is 0 Å². The first-order valence-electron chi connectivity index (χ1n) is 41.9. The van der Waals surface area contributed by atoms with Gasteiger partial charge in [-0.1, -0.05) is 387 Å². The van der Waals surface area contributed by atoms with Gasteiger partial charge in [-0.05, 0) is 96.3 Å². The molecule has 0 heterocycles. The topological polar surface area (TPSA) is 111 Å². The third-order valence-electron chi connectivity index (χ3n) is 18.6. The Balaban J connectivity index is 3.92. The third-order valence-corrected chi connectivity index (χ3v) is 19.6. The van der Waals surface area contributed by atoms with E-state index in [9.17, 15) is 19.0 Å². The summed E-state index contributed by atoms with van der Waals surface area (Å²) >= 11 is 0. The number of phosphoric acid groups is 1. The van der Waals surface area contributed by atoms with E-state index in [1.54, 1.807) is 0 Å². The molecule has 0 bridgehead atoms. The van der Waals surface area contributed by atoms with Crippen molar-refractivity contribution in [3.8, 4) is 0 Å². The van der Waals surface area contributed by atoms with E-state index < -0.39 is 26.5 Å². The molecule has 0 aliphatic rings. The predicted octanol–water partition coefficient (Wildman–Crippen LogP) is 27.5. The Hall–Kier alpha value is -3.07. The molecule has 0 aromatic carbocycles. The van der Waals surface area contributed by atoms with Crippen molar-refractivity contribution in [2.75, 3.05) is 47.5 Å². The molecule has 0 aliphatic carbocycles. The summed E-state index contributed by atoms with van der Waals surface area (Å²) in [5, 5.41) is 0. The second-order valence-corrected chi connectivity index (χ2v) is 30.9. The highest BCUT2D eigenvalue weighted by Crippen LogP contribution is 2.38. The standard InChI is InChI=1S/C88H160NO8P/c1-6-8-10-12-14-16-18-20-22-24-26-28-30-32-34-36-38-40-42-43-44-45-47-48-50-52-54-56-58-60-62-64-66-68-70-72-74-76-78-80-87(90)94-84-86(85-96-98(92,93)95-83-82-89(3,4)5)97-88(91)81-79-77-75-73-71-69-67-65-63-61-59-57-55-53-51-49-46-41-39-37-35-33-31-29-27-25-23-21-19-17-15-13-11-9-7-2/h9,11,15,17,21,23-24,26-27,29,33,35,39,41,49,51,86H,6-8,10,12-14,16,18-20,22,25,28,30-32,34,36-38,40,42-48,50,52-85H2,1-5H3/b11-9-,17-15-,23-21-,26-24-,29-27-,35-33-,41-39-,51-49-. The van der Waals surface area contributed by atoms with Gasteiger partial charge in [-0.3, -0.25) is 14.2 Å². The molecule has 0 saturated carbocycles. The molecular weight excluding hydrogens is 1230 g/mol. The molecule has 2 unspecified atom stereocenters. The van der Waals surface area contributed by atoms with Gasteiger partial charge in [0.15, 0.2) is 6.10 Å². The molecule has 0 saturated heterocycles. The van der Waals surface area contributed by atoms with Crippen molar-refractivity contribution in [3.63, 3.8) is 0 Å². The zero-order chi connectivity index (χ0) is 71.1. The van der Waals surface area contributed by atoms with E-state index in [-0.39, 0.29) is 32.0 Å². The van der Waals surface area contributed by atoms with Gasteiger partial charge >= 0.3 is 11.9 Å². The number of hydrogen-bond donors (Lipinski definition) is 0. The number of phosphoric ester groups is 1. The minimum Gasteiger partial charge on any atom is -0.756 e. The van der Waals surface area contributed by atoms with Gasteiger partial charge < -0.3 is 27.9 Å². The van der Waals surface area contributed by atoms with Crippen LogP contribution in [0.2, 0.25) is 0 Å². The lowest BCUT2D eigenvalue weighted by atomic mass is 10.0. The lowest BCUT2D eigenvalue weighted by molar-refractivity contribution is -0.870. The van der Waals surface area contributed by atoms with Crippen LogP contribution in [0.5, 0.6) is 0 Å². The van der Waals surface area contributed by atoms with Crippen molar-refractivity contribution in [1.29, 1.82) is 0 Å². The number of ether oxygens (including phenoxy) is 2. The normalized spacial score (nSPS) is 13.5. The molecule has 0 fully saturated rings. The first-order chi connectivity index (χ1) is 48.0. The highest BCUT2D eigenvalue weighted by molar-refractivity contribution is 7.45. The third kappa shape index (κ3) is 81.9. The Kier molecular flexibility index (Phi) is 75.6. The smallest absolute Gasteiger partial charge is 0.306 e. The zero-order valence-electron chi connectivity index (χ0n) is 65.2. The molecule has 9 nitrogen and oxygen atoms in total. The highest BCUT2D eigenvalue weighted by Gasteiger charge is 2.22. The van der Waals surface area contributed by atoms with Crippen molar-refractivity contribution in [2.24, 2.45) is 0 Å². The Morgan fingerprint density at radius 2 is 0.582 bits per heavy atom. The van der Waals surface area contributed by atoms with E-state index in [2.05, 4.69) is 111 Å². The minimum absolute atomic E-state index is 0.0321. The van der Waals surface area contributed by atoms with Crippen LogP contribution in [0.4, 0.5) is 0 Å². The summed E-state index contributed by atoms with van der Waals surface area (Å²) in [6, 6.07) is 0. The number of hydrogen-bond acceptors (Lipinski definition) is 8. The largest absolute Gasteiger partial charge is 0.756 e. The number of quaternary nitrogens is 1. The Morgan fingerprint density at radius 1 is 0.327 bits per heavy atom. The van der Waals surface area contributed by atoms with Gasteiger partial charge in [0.25, 0.3) is 7.82 Å². The van der Waals surface area contributed by atoms with Crippen molar-refractivity contribution < 1.29 is 42.1 Å². The van der Waals surface area contributed by atoms with Gasteiger partial charge in [0.1, 0.15) is 19.8 Å². The Bertz CT molecular complexity index is 1980. The maximum absolute atomic E-state index is 12.9. The summed E-state index contributed by atoms with van der Waals surface area (Å²) in [5.74, 6) is -0.819. The van der Waals surface area contributed by atoms with Crippen LogP contribution < -0.4 is 4.89 Å². The molecule has 0 aliphatic heterocycles. The Morgan fingerprint density at radius 3 is 0.878 bits per heavy atom. The van der Waals surface area contributed by atoms with Gasteiger partial charge in [-0.15, -0.1) is 0 Å². The molecular formula is C88H160NO8P. The first kappa shape index (κ1) is 94.9. The molecule has 98 heavy (non-hydrogen) atoms. The van der Waals surface area contributed by atoms with E-state index in [0.717, 1.165) is 83.5 Å². The summed E-state index contributed by atoms with van der Waals surface area (Å²) < 4.78 is 34.4. The fourth-order valence-corrected chi connectivity index (χ4v) is 13.0. The zero-order valence-corrected chi connectivity index (χ0v) is 66.1. The maximum Gasteiger partial charge on any atom is 0.306 e. The summed E-state index contributed by atoms with van der Waals surface area (Å²) in [4.78, 5) is 38.2. The molecule has 0 spiro atoms. The second-order valence-electron chi connectivity index (χ2n) is 29.5. The summed E-state index contributed by atoms with van der Waals surface area (Å²) in [7, 11) is 1.18. The van der Waals surface area contributed by atoms with Gasteiger partial charge in [0, 0.05) is 12.8 Å². The van der Waals surface area contributed by atoms with Crippen LogP contribution in [0.15, 0.2) is 97.2 Å². The molecule has 570 valence electrons. The van der Waals surface area contributed by atoms with Gasteiger partial charge in [-0.25, -0.2) is 0 Å². The number of unbranched alkanes of at least 4 members (excludes halogenated alkanes) is 48. The monoisotopic (exact) mass is 1390 g/mol. The maximum atomic E-state index is 12.9. The first-order valence-corrected chi connectivity index (χ1v) is 43.4. The van der Waals surface area contributed by atoms with E-state index >= 15 is 0 Å². The lowest BCUT2D eigenvalue weighted by Crippen LogP contribution is -2.37. The van der Waals surface area contributed by atoms with Crippen molar-refractivity contribution in [2.45, 2.75) is 405 Å². The number of allylic oxidation sites excluding steroid dienone is 16. The molecule has 0 N–H and O–H groups in total. The quantitative estimate of drug-likeness (QED) is 0.0195. The SMILES string of the molecule is CC/C=C\C/C=C\C/C=C\C/C=C\C/C=C\C/C=C\C/C=C\CCCCCCCCCCCCCCCC(=O)OC(COC(=O)CCCCCCCCCCCCCCCCCCCCCCCCCCCCC/C=C\CCCCCCCCCC)COP(=O)([O-])OCC[N+](C)(C)C. The van der Waals surface area contributed by atoms with E-state index in [4.69, 9.17) is 18.5 Å². The van der Waals surface area contributed by atoms with Crippen LogP contribution in [-0.4, -0.2) is 70.0 Å². The average molecular weight is 1390 g/mol. The lowest BCUT2D eigenvalue weighted by Gasteiger charge is -2.28. The predicted molar refractivity (Wildman–Crippen MR) is 425 cm³/mol. The molecule has 0 amide bonds. The molecule has 0 aromatic rings. The second kappa shape index (κ2) is 78.1. The fourth-order valence-electron chi connectivity index (χ4n) is 12.2. The highest BCUT2D eigenvalue weighted by atomic mass is 31.2. The number of rotatable bonds is 78. The van der Waals surface area contributed by atoms with Gasteiger partial charge in [0.05, 0.1) is 27.7 Å². The average Bonchev–Trinajstić information content (AvgIpc) is 1.08.